The standard InChI is InChI=1S/C10H8F4O/c11-8-3-4-15-9-2-1-6(5-7(8)9)10(12,13)14/h1-2,5,8H,3-4H2. The third kappa shape index (κ3) is 1.91. The Kier molecular flexibility index (Phi) is 2.32. The van der Waals surface area contributed by atoms with Crippen LogP contribution in [0.1, 0.15) is 23.7 Å². The van der Waals surface area contributed by atoms with Crippen molar-refractivity contribution in [2.45, 2.75) is 18.8 Å². The van der Waals surface area contributed by atoms with Gasteiger partial charge in [-0.25, -0.2) is 4.39 Å². The fourth-order valence-electron chi connectivity index (χ4n) is 1.53. The van der Waals surface area contributed by atoms with Crippen molar-refractivity contribution in [2.24, 2.45) is 0 Å². The van der Waals surface area contributed by atoms with Crippen molar-refractivity contribution in [3.63, 3.8) is 0 Å². The molecule has 2 rings (SSSR count). The van der Waals surface area contributed by atoms with Crippen molar-refractivity contribution < 1.29 is 22.3 Å². The maximum Gasteiger partial charge on any atom is 0.416 e. The molecule has 1 aliphatic heterocycles. The number of hydrogen-bond donors (Lipinski definition) is 0. The zero-order valence-electron chi connectivity index (χ0n) is 7.64. The molecule has 0 radical (unpaired) electrons. The number of ether oxygens (including phenoxy) is 1. The summed E-state index contributed by atoms with van der Waals surface area (Å²) in [6, 6.07) is 2.89. The molecule has 0 aliphatic carbocycles. The van der Waals surface area contributed by atoms with Gasteiger partial charge in [-0.2, -0.15) is 13.2 Å². The van der Waals surface area contributed by atoms with Crippen molar-refractivity contribution >= 4 is 0 Å². The smallest absolute Gasteiger partial charge is 0.416 e. The van der Waals surface area contributed by atoms with E-state index in [1.807, 2.05) is 0 Å². The van der Waals surface area contributed by atoms with Gasteiger partial charge in [0.15, 0.2) is 0 Å². The Balaban J connectivity index is 2.44. The first-order valence-electron chi connectivity index (χ1n) is 4.46. The average molecular weight is 220 g/mol. The van der Waals surface area contributed by atoms with Crippen molar-refractivity contribution in [1.29, 1.82) is 0 Å². The Labute approximate surface area is 83.7 Å². The molecule has 5 heteroatoms. The normalized spacial score (nSPS) is 20.7. The predicted molar refractivity (Wildman–Crippen MR) is 45.4 cm³/mol. The van der Waals surface area contributed by atoms with E-state index in [0.29, 0.717) is 0 Å². The Hall–Kier alpha value is -1.26. The lowest BCUT2D eigenvalue weighted by atomic mass is 10.0. The number of halogens is 4. The van der Waals surface area contributed by atoms with E-state index in [1.165, 1.54) is 6.07 Å². The fraction of sp³-hybridized carbons (Fsp3) is 0.400. The van der Waals surface area contributed by atoms with E-state index in [0.717, 1.165) is 12.1 Å². The highest BCUT2D eigenvalue weighted by Crippen LogP contribution is 2.39. The van der Waals surface area contributed by atoms with Crippen LogP contribution >= 0.6 is 0 Å². The Morgan fingerprint density at radius 3 is 2.67 bits per heavy atom. The second kappa shape index (κ2) is 3.40. The van der Waals surface area contributed by atoms with Crippen LogP contribution in [0.4, 0.5) is 17.6 Å². The van der Waals surface area contributed by atoms with Crippen molar-refractivity contribution in [3.8, 4) is 5.75 Å². The Morgan fingerprint density at radius 1 is 1.27 bits per heavy atom. The van der Waals surface area contributed by atoms with Crippen LogP contribution in [0.3, 0.4) is 0 Å². The van der Waals surface area contributed by atoms with Gasteiger partial charge in [0.1, 0.15) is 11.9 Å². The highest BCUT2D eigenvalue weighted by molar-refractivity contribution is 5.40. The second-order valence-corrected chi connectivity index (χ2v) is 3.36. The largest absolute Gasteiger partial charge is 0.493 e. The molecule has 0 saturated carbocycles. The van der Waals surface area contributed by atoms with E-state index in [4.69, 9.17) is 4.74 Å². The summed E-state index contributed by atoms with van der Waals surface area (Å²) in [5.41, 5.74) is -0.842. The summed E-state index contributed by atoms with van der Waals surface area (Å²) in [6.45, 7) is 0.208. The molecule has 1 aliphatic rings. The SMILES string of the molecule is FC1CCOc2ccc(C(F)(F)F)cc21. The number of hydrogen-bond acceptors (Lipinski definition) is 1. The minimum atomic E-state index is -4.44. The maximum atomic E-state index is 13.3. The molecule has 0 saturated heterocycles. The topological polar surface area (TPSA) is 9.23 Å². The predicted octanol–water partition coefficient (Wildman–Crippen LogP) is 3.50. The molecule has 0 aromatic heterocycles. The van der Waals surface area contributed by atoms with E-state index in [-0.39, 0.29) is 24.3 Å². The second-order valence-electron chi connectivity index (χ2n) is 3.36. The van der Waals surface area contributed by atoms with Gasteiger partial charge < -0.3 is 4.74 Å². The summed E-state index contributed by atoms with van der Waals surface area (Å²) in [4.78, 5) is 0. The van der Waals surface area contributed by atoms with Gasteiger partial charge in [-0.15, -0.1) is 0 Å². The van der Waals surface area contributed by atoms with E-state index >= 15 is 0 Å². The van der Waals surface area contributed by atoms with Gasteiger partial charge in [0.05, 0.1) is 12.2 Å². The quantitative estimate of drug-likeness (QED) is 0.608. The van der Waals surface area contributed by atoms with Crippen LogP contribution in [0, 0.1) is 0 Å². The Bertz CT molecular complexity index is 372. The van der Waals surface area contributed by atoms with Gasteiger partial charge in [-0.05, 0) is 18.2 Å². The summed E-state index contributed by atoms with van der Waals surface area (Å²) < 4.78 is 55.3. The first-order chi connectivity index (χ1) is 6.98. The summed E-state index contributed by atoms with van der Waals surface area (Å²) in [5, 5.41) is 0. The van der Waals surface area contributed by atoms with Gasteiger partial charge in [0.25, 0.3) is 0 Å². The molecule has 1 nitrogen and oxygen atoms in total. The molecular formula is C10H8F4O. The molecule has 0 fully saturated rings. The molecule has 82 valence electrons. The van der Waals surface area contributed by atoms with Crippen LogP contribution in [-0.2, 0) is 6.18 Å². The van der Waals surface area contributed by atoms with E-state index < -0.39 is 17.9 Å². The molecule has 1 heterocycles. The lowest BCUT2D eigenvalue weighted by Crippen LogP contribution is -2.13. The van der Waals surface area contributed by atoms with Gasteiger partial charge in [0.2, 0.25) is 0 Å². The summed E-state index contributed by atoms with van der Waals surface area (Å²) in [7, 11) is 0. The van der Waals surface area contributed by atoms with Crippen LogP contribution in [0.15, 0.2) is 18.2 Å². The van der Waals surface area contributed by atoms with Crippen molar-refractivity contribution in [3.05, 3.63) is 29.3 Å². The first-order valence-corrected chi connectivity index (χ1v) is 4.46. The summed E-state index contributed by atoms with van der Waals surface area (Å²) in [6.07, 6.45) is -5.70. The molecule has 0 bridgehead atoms. The van der Waals surface area contributed by atoms with Crippen LogP contribution in [0.5, 0.6) is 5.75 Å². The molecular weight excluding hydrogens is 212 g/mol. The van der Waals surface area contributed by atoms with Crippen molar-refractivity contribution in [1.82, 2.24) is 0 Å². The molecule has 15 heavy (non-hydrogen) atoms. The first kappa shape index (κ1) is 10.3. The van der Waals surface area contributed by atoms with Gasteiger partial charge in [-0.1, -0.05) is 0 Å². The number of benzene rings is 1. The van der Waals surface area contributed by atoms with Gasteiger partial charge in [0, 0.05) is 12.0 Å². The monoisotopic (exact) mass is 220 g/mol. The third-order valence-corrected chi connectivity index (χ3v) is 2.30. The molecule has 1 unspecified atom stereocenters. The zero-order valence-corrected chi connectivity index (χ0v) is 7.64. The molecule has 1 aromatic rings. The van der Waals surface area contributed by atoms with Gasteiger partial charge in [-0.3, -0.25) is 0 Å². The molecule has 0 N–H and O–H groups in total. The van der Waals surface area contributed by atoms with Crippen LogP contribution in [0.25, 0.3) is 0 Å². The highest BCUT2D eigenvalue weighted by atomic mass is 19.4. The molecule has 1 aromatic carbocycles. The number of rotatable bonds is 0. The highest BCUT2D eigenvalue weighted by Gasteiger charge is 2.33. The van der Waals surface area contributed by atoms with Crippen molar-refractivity contribution in [2.75, 3.05) is 6.61 Å². The number of fused-ring (bicyclic) bond motifs is 1. The third-order valence-electron chi connectivity index (χ3n) is 2.30. The minimum Gasteiger partial charge on any atom is -0.493 e. The van der Waals surface area contributed by atoms with E-state index in [1.54, 1.807) is 0 Å². The lowest BCUT2D eigenvalue weighted by molar-refractivity contribution is -0.137. The van der Waals surface area contributed by atoms with Gasteiger partial charge >= 0.3 is 6.18 Å². The summed E-state index contributed by atoms with van der Waals surface area (Å²) >= 11 is 0. The zero-order chi connectivity index (χ0) is 11.1. The molecule has 0 amide bonds. The van der Waals surface area contributed by atoms with E-state index in [2.05, 4.69) is 0 Å². The average Bonchev–Trinajstić information content (AvgIpc) is 2.16. The summed E-state index contributed by atoms with van der Waals surface area (Å²) in [5.74, 6) is 0.210. The maximum absolute atomic E-state index is 13.3. The molecule has 1 atom stereocenters. The molecule has 0 spiro atoms. The fourth-order valence-corrected chi connectivity index (χ4v) is 1.53. The Morgan fingerprint density at radius 2 is 2.00 bits per heavy atom. The van der Waals surface area contributed by atoms with Crippen LogP contribution < -0.4 is 4.74 Å². The minimum absolute atomic E-state index is 0.00363. The van der Waals surface area contributed by atoms with E-state index in [9.17, 15) is 17.6 Å². The lowest BCUT2D eigenvalue weighted by Gasteiger charge is -2.21. The number of alkyl halides is 4. The van der Waals surface area contributed by atoms with Crippen LogP contribution in [0.2, 0.25) is 0 Å². The van der Waals surface area contributed by atoms with Crippen LogP contribution in [-0.4, -0.2) is 6.61 Å².